The SMILES string of the molecule is CC/C=C(\C(N)=NS(C)(=O)=O)C(F)(F)F. The van der Waals surface area contributed by atoms with Gasteiger partial charge in [0, 0.05) is 0 Å². The molecular formula is C7H11F3N2O2S. The minimum absolute atomic E-state index is 0.0782. The first-order valence-corrected chi connectivity index (χ1v) is 5.76. The van der Waals surface area contributed by atoms with Gasteiger partial charge in [-0.1, -0.05) is 13.0 Å². The highest BCUT2D eigenvalue weighted by Crippen LogP contribution is 2.26. The summed E-state index contributed by atoms with van der Waals surface area (Å²) in [6.45, 7) is 1.47. The van der Waals surface area contributed by atoms with Gasteiger partial charge >= 0.3 is 6.18 Å². The Hall–Kier alpha value is -1.05. The molecule has 2 N–H and O–H groups in total. The van der Waals surface area contributed by atoms with Crippen LogP contribution < -0.4 is 5.73 Å². The number of hydrogen-bond donors (Lipinski definition) is 1. The van der Waals surface area contributed by atoms with Crippen molar-refractivity contribution >= 4 is 15.9 Å². The van der Waals surface area contributed by atoms with Gasteiger partial charge in [0.25, 0.3) is 10.0 Å². The molecule has 0 saturated heterocycles. The second-order valence-corrected chi connectivity index (χ2v) is 4.38. The second-order valence-electron chi connectivity index (χ2n) is 2.73. The molecule has 15 heavy (non-hydrogen) atoms. The lowest BCUT2D eigenvalue weighted by molar-refractivity contribution is -0.0863. The van der Waals surface area contributed by atoms with Crippen molar-refractivity contribution in [1.29, 1.82) is 0 Å². The maximum Gasteiger partial charge on any atom is 0.419 e. The van der Waals surface area contributed by atoms with Gasteiger partial charge in [-0.05, 0) is 6.42 Å². The first kappa shape index (κ1) is 13.9. The lowest BCUT2D eigenvalue weighted by Crippen LogP contribution is -2.27. The van der Waals surface area contributed by atoms with E-state index in [0.717, 1.165) is 6.08 Å². The number of halogens is 3. The van der Waals surface area contributed by atoms with Crippen LogP contribution >= 0.6 is 0 Å². The highest BCUT2D eigenvalue weighted by molar-refractivity contribution is 7.89. The van der Waals surface area contributed by atoms with E-state index in [1.165, 1.54) is 6.92 Å². The van der Waals surface area contributed by atoms with Crippen molar-refractivity contribution in [2.75, 3.05) is 6.26 Å². The van der Waals surface area contributed by atoms with Crippen molar-refractivity contribution in [2.45, 2.75) is 19.5 Å². The molecule has 0 amide bonds. The van der Waals surface area contributed by atoms with Gasteiger partial charge in [0.05, 0.1) is 11.8 Å². The Morgan fingerprint density at radius 2 is 1.93 bits per heavy atom. The average molecular weight is 244 g/mol. The fourth-order valence-corrected chi connectivity index (χ4v) is 1.25. The first-order valence-electron chi connectivity index (χ1n) is 3.91. The van der Waals surface area contributed by atoms with Crippen LogP contribution in [0.5, 0.6) is 0 Å². The fourth-order valence-electron chi connectivity index (χ4n) is 0.797. The lowest BCUT2D eigenvalue weighted by atomic mass is 10.2. The molecule has 4 nitrogen and oxygen atoms in total. The molecule has 0 aromatic rings. The zero-order valence-electron chi connectivity index (χ0n) is 8.17. The third-order valence-electron chi connectivity index (χ3n) is 1.25. The molecule has 0 fully saturated rings. The van der Waals surface area contributed by atoms with Crippen LogP contribution in [0.3, 0.4) is 0 Å². The smallest absolute Gasteiger partial charge is 0.383 e. The Morgan fingerprint density at radius 3 is 2.20 bits per heavy atom. The summed E-state index contributed by atoms with van der Waals surface area (Å²) >= 11 is 0. The van der Waals surface area contributed by atoms with E-state index >= 15 is 0 Å². The summed E-state index contributed by atoms with van der Waals surface area (Å²) in [7, 11) is -3.92. The van der Waals surface area contributed by atoms with Gasteiger partial charge in [0.1, 0.15) is 5.84 Å². The van der Waals surface area contributed by atoms with Crippen molar-refractivity contribution in [3.05, 3.63) is 11.6 Å². The summed E-state index contributed by atoms with van der Waals surface area (Å²) in [6.07, 6.45) is -3.17. The Kier molecular flexibility index (Phi) is 4.32. The second kappa shape index (κ2) is 4.65. The minimum Gasteiger partial charge on any atom is -0.383 e. The molecule has 0 bridgehead atoms. The number of sulfonamides is 1. The number of amidine groups is 1. The maximum atomic E-state index is 12.3. The molecular weight excluding hydrogens is 233 g/mol. The standard InChI is InChI=1S/C7H11F3N2O2S/c1-3-4-5(7(8,9)10)6(11)12-15(2,13)14/h4H,3H2,1-2H3,(H2,11,12)/b5-4+. The van der Waals surface area contributed by atoms with E-state index in [9.17, 15) is 21.6 Å². The minimum atomic E-state index is -4.70. The number of hydrogen-bond acceptors (Lipinski definition) is 2. The molecule has 0 unspecified atom stereocenters. The van der Waals surface area contributed by atoms with E-state index in [1.54, 1.807) is 0 Å². The van der Waals surface area contributed by atoms with Crippen LogP contribution in [0.4, 0.5) is 13.2 Å². The zero-order chi connectivity index (χ0) is 12.3. The molecule has 0 spiro atoms. The van der Waals surface area contributed by atoms with Crippen LogP contribution in [0, 0.1) is 0 Å². The van der Waals surface area contributed by atoms with Gasteiger partial charge in [0.2, 0.25) is 0 Å². The van der Waals surface area contributed by atoms with Crippen molar-refractivity contribution in [2.24, 2.45) is 10.1 Å². The van der Waals surface area contributed by atoms with Crippen LogP contribution in [0.2, 0.25) is 0 Å². The van der Waals surface area contributed by atoms with E-state index in [4.69, 9.17) is 5.73 Å². The Labute approximate surface area is 85.7 Å². The first-order chi connectivity index (χ1) is 6.58. The molecule has 0 rings (SSSR count). The predicted octanol–water partition coefficient (Wildman–Crippen LogP) is 1.20. The molecule has 88 valence electrons. The van der Waals surface area contributed by atoms with Gasteiger partial charge in [-0.3, -0.25) is 0 Å². The van der Waals surface area contributed by atoms with Gasteiger partial charge in [-0.25, -0.2) is 8.42 Å². The third kappa shape index (κ3) is 5.40. The molecule has 0 aliphatic carbocycles. The molecule has 0 saturated carbocycles. The maximum absolute atomic E-state index is 12.3. The highest BCUT2D eigenvalue weighted by Gasteiger charge is 2.36. The summed E-state index contributed by atoms with van der Waals surface area (Å²) in [5, 5.41) is 0. The third-order valence-corrected chi connectivity index (χ3v) is 1.78. The van der Waals surface area contributed by atoms with Crippen LogP contribution in [0.15, 0.2) is 16.0 Å². The molecule has 0 radical (unpaired) electrons. The number of alkyl halides is 3. The van der Waals surface area contributed by atoms with E-state index < -0.39 is 27.6 Å². The number of allylic oxidation sites excluding steroid dienone is 1. The van der Waals surface area contributed by atoms with Crippen molar-refractivity contribution in [1.82, 2.24) is 0 Å². The molecule has 0 atom stereocenters. The van der Waals surface area contributed by atoms with Crippen LogP contribution in [-0.4, -0.2) is 26.7 Å². The van der Waals surface area contributed by atoms with Crippen molar-refractivity contribution < 1.29 is 21.6 Å². The van der Waals surface area contributed by atoms with Crippen LogP contribution in [0.1, 0.15) is 13.3 Å². The summed E-state index contributed by atoms with van der Waals surface area (Å²) in [4.78, 5) is 0. The lowest BCUT2D eigenvalue weighted by Gasteiger charge is -2.10. The van der Waals surface area contributed by atoms with E-state index in [-0.39, 0.29) is 6.42 Å². The number of rotatable bonds is 3. The van der Waals surface area contributed by atoms with Gasteiger partial charge in [0.15, 0.2) is 0 Å². The van der Waals surface area contributed by atoms with Crippen molar-refractivity contribution in [3.8, 4) is 0 Å². The van der Waals surface area contributed by atoms with Crippen molar-refractivity contribution in [3.63, 3.8) is 0 Å². The zero-order valence-corrected chi connectivity index (χ0v) is 8.98. The summed E-state index contributed by atoms with van der Waals surface area (Å²) in [6, 6.07) is 0. The molecule has 8 heteroatoms. The quantitative estimate of drug-likeness (QED) is 0.599. The van der Waals surface area contributed by atoms with Crippen LogP contribution in [-0.2, 0) is 10.0 Å². The summed E-state index contributed by atoms with van der Waals surface area (Å²) < 4.78 is 60.9. The van der Waals surface area contributed by atoms with Gasteiger partial charge in [-0.2, -0.15) is 13.2 Å². The highest BCUT2D eigenvalue weighted by atomic mass is 32.2. The largest absolute Gasteiger partial charge is 0.419 e. The predicted molar refractivity (Wildman–Crippen MR) is 50.9 cm³/mol. The summed E-state index contributed by atoms with van der Waals surface area (Å²) in [5.41, 5.74) is 3.73. The van der Waals surface area contributed by atoms with Gasteiger partial charge in [-0.15, -0.1) is 4.40 Å². The molecule has 0 aromatic heterocycles. The average Bonchev–Trinajstić information content (AvgIpc) is 1.93. The topological polar surface area (TPSA) is 72.5 Å². The molecule has 0 heterocycles. The Balaban J connectivity index is 5.34. The number of nitrogens with zero attached hydrogens (tertiary/aromatic N) is 1. The van der Waals surface area contributed by atoms with E-state index in [0.29, 0.717) is 6.26 Å². The van der Waals surface area contributed by atoms with Crippen LogP contribution in [0.25, 0.3) is 0 Å². The number of nitrogens with two attached hydrogens (primary N) is 1. The molecule has 0 aliphatic rings. The van der Waals surface area contributed by atoms with E-state index in [2.05, 4.69) is 4.40 Å². The van der Waals surface area contributed by atoms with Gasteiger partial charge < -0.3 is 5.73 Å². The molecule has 0 aromatic carbocycles. The molecule has 0 aliphatic heterocycles. The summed E-state index contributed by atoms with van der Waals surface area (Å²) in [5.74, 6) is -1.04. The monoisotopic (exact) mass is 244 g/mol. The fraction of sp³-hybridized carbons (Fsp3) is 0.571. The normalized spacial score (nSPS) is 15.5. The Bertz CT molecular complexity index is 382. The Morgan fingerprint density at radius 1 is 1.47 bits per heavy atom. The van der Waals surface area contributed by atoms with E-state index in [1.807, 2.05) is 0 Å².